The van der Waals surface area contributed by atoms with Gasteiger partial charge in [0, 0.05) is 65.2 Å². The van der Waals surface area contributed by atoms with Gasteiger partial charge in [0.2, 0.25) is 10.0 Å². The van der Waals surface area contributed by atoms with E-state index in [0.717, 1.165) is 10.4 Å². The van der Waals surface area contributed by atoms with Crippen LogP contribution in [0.15, 0.2) is 29.2 Å². The molecule has 33 heavy (non-hydrogen) atoms. The third-order valence-corrected chi connectivity index (χ3v) is 13.8. The lowest BCUT2D eigenvalue weighted by atomic mass is 10.3. The van der Waals surface area contributed by atoms with Crippen molar-refractivity contribution in [3.63, 3.8) is 0 Å². The second kappa shape index (κ2) is 13.6. The van der Waals surface area contributed by atoms with Crippen molar-refractivity contribution in [2.45, 2.75) is 29.8 Å². The van der Waals surface area contributed by atoms with E-state index >= 15 is 0 Å². The highest BCUT2D eigenvalue weighted by atomic mass is 32.2. The average Bonchev–Trinajstić information content (AvgIpc) is 2.84. The summed E-state index contributed by atoms with van der Waals surface area (Å²) in [5, 5.41) is 40.2. The fraction of sp³-hybridized carbons (Fsp3) is 0.667. The smallest absolute Gasteiger partial charge is 0.399 e. The number of hydrogen-bond acceptors (Lipinski definition) is 10. The SMILES string of the molecule is CO[Si](CCCN(CCC[Si](CO)(CO)CO)S(=O)(=O)c1ccccc1[N+](=O)[O-])(OC)OC. The first-order valence-electron chi connectivity index (χ1n) is 10.3. The minimum atomic E-state index is -4.24. The molecule has 0 saturated carbocycles. The van der Waals surface area contributed by atoms with Gasteiger partial charge >= 0.3 is 8.80 Å². The topological polar surface area (TPSA) is 169 Å². The standard InChI is InChI=1S/C18H34N2O10SSi2/c1-28-33(29-2,30-3)13-7-11-19(10-6-12-32(14-21,15-22)16-23)31(26,27)18-9-5-4-8-17(18)20(24)25/h4-5,8-9,21-23H,6-7,10-16H2,1-3H3. The highest BCUT2D eigenvalue weighted by Crippen LogP contribution is 2.28. The van der Waals surface area contributed by atoms with Crippen LogP contribution in [0, 0.1) is 10.1 Å². The molecule has 0 aliphatic heterocycles. The van der Waals surface area contributed by atoms with Crippen molar-refractivity contribution in [3.8, 4) is 0 Å². The van der Waals surface area contributed by atoms with Crippen LogP contribution >= 0.6 is 0 Å². The molecule has 1 aromatic carbocycles. The molecule has 0 fully saturated rings. The molecule has 0 atom stereocenters. The summed E-state index contributed by atoms with van der Waals surface area (Å²) in [4.78, 5) is 10.3. The van der Waals surface area contributed by atoms with Gasteiger partial charge in [-0.1, -0.05) is 18.2 Å². The van der Waals surface area contributed by atoms with E-state index in [9.17, 15) is 33.9 Å². The van der Waals surface area contributed by atoms with Gasteiger partial charge in [0.25, 0.3) is 5.69 Å². The van der Waals surface area contributed by atoms with Crippen LogP contribution in [-0.2, 0) is 23.3 Å². The van der Waals surface area contributed by atoms with E-state index in [4.69, 9.17) is 13.3 Å². The molecule has 0 aromatic heterocycles. The van der Waals surface area contributed by atoms with Crippen molar-refractivity contribution in [1.82, 2.24) is 4.31 Å². The molecule has 0 bridgehead atoms. The maximum Gasteiger partial charge on any atom is 0.500 e. The highest BCUT2D eigenvalue weighted by molar-refractivity contribution is 7.89. The molecular formula is C18H34N2O10SSi2. The number of sulfonamides is 1. The predicted octanol–water partition coefficient (Wildman–Crippen LogP) is 0.287. The largest absolute Gasteiger partial charge is 0.500 e. The van der Waals surface area contributed by atoms with Crippen LogP contribution < -0.4 is 0 Å². The Morgan fingerprint density at radius 2 is 1.42 bits per heavy atom. The lowest BCUT2D eigenvalue weighted by Gasteiger charge is -2.28. The van der Waals surface area contributed by atoms with Gasteiger partial charge in [0.15, 0.2) is 4.90 Å². The number of rotatable bonds is 17. The summed E-state index contributed by atoms with van der Waals surface area (Å²) in [7, 11) is -5.59. The average molecular weight is 527 g/mol. The van der Waals surface area contributed by atoms with Gasteiger partial charge in [0.05, 0.1) is 4.92 Å². The van der Waals surface area contributed by atoms with E-state index in [1.54, 1.807) is 0 Å². The molecule has 1 aromatic rings. The molecule has 0 aliphatic rings. The number of hydrogen-bond donors (Lipinski definition) is 3. The minimum absolute atomic E-state index is 0.00929. The van der Waals surface area contributed by atoms with Gasteiger partial charge in [0.1, 0.15) is 8.07 Å². The second-order valence-electron chi connectivity index (χ2n) is 7.61. The minimum Gasteiger partial charge on any atom is -0.399 e. The van der Waals surface area contributed by atoms with Crippen molar-refractivity contribution < 1.29 is 41.9 Å². The van der Waals surface area contributed by atoms with Crippen molar-refractivity contribution in [2.24, 2.45) is 0 Å². The Kier molecular flexibility index (Phi) is 12.2. The van der Waals surface area contributed by atoms with E-state index < -0.39 is 42.4 Å². The van der Waals surface area contributed by atoms with Gasteiger partial charge in [-0.25, -0.2) is 8.42 Å². The van der Waals surface area contributed by atoms with Crippen LogP contribution in [0.4, 0.5) is 5.69 Å². The van der Waals surface area contributed by atoms with E-state index in [-0.39, 0.29) is 44.2 Å². The monoisotopic (exact) mass is 526 g/mol. The maximum atomic E-state index is 13.4. The first-order chi connectivity index (χ1) is 15.6. The van der Waals surface area contributed by atoms with Gasteiger partial charge < -0.3 is 28.6 Å². The van der Waals surface area contributed by atoms with E-state index in [0.29, 0.717) is 12.5 Å². The Morgan fingerprint density at radius 1 is 0.939 bits per heavy atom. The summed E-state index contributed by atoms with van der Waals surface area (Å²) in [5.74, 6) is 0. The molecular weight excluding hydrogens is 492 g/mol. The molecule has 0 unspecified atom stereocenters. The first-order valence-corrected chi connectivity index (χ1v) is 16.5. The quantitative estimate of drug-likeness (QED) is 0.146. The van der Waals surface area contributed by atoms with Gasteiger partial charge in [-0.3, -0.25) is 10.1 Å². The fourth-order valence-corrected chi connectivity index (χ4v) is 8.42. The summed E-state index contributed by atoms with van der Waals surface area (Å²) >= 11 is 0. The molecule has 0 radical (unpaired) electrons. The Balaban J connectivity index is 3.17. The normalized spacial score (nSPS) is 12.9. The summed E-state index contributed by atoms with van der Waals surface area (Å²) in [5.41, 5.74) is -0.526. The van der Waals surface area contributed by atoms with Crippen molar-refractivity contribution in [1.29, 1.82) is 0 Å². The van der Waals surface area contributed by atoms with Gasteiger partial charge in [-0.2, -0.15) is 4.31 Å². The molecule has 0 heterocycles. The van der Waals surface area contributed by atoms with Gasteiger partial charge in [-0.15, -0.1) is 0 Å². The van der Waals surface area contributed by atoms with Crippen LogP contribution in [0.1, 0.15) is 12.8 Å². The second-order valence-corrected chi connectivity index (χ2v) is 17.1. The lowest BCUT2D eigenvalue weighted by molar-refractivity contribution is -0.387. The number of aliphatic hydroxyl groups is 3. The van der Waals surface area contributed by atoms with Crippen molar-refractivity contribution in [3.05, 3.63) is 34.4 Å². The summed E-state index contributed by atoms with van der Waals surface area (Å²) < 4.78 is 44.0. The zero-order chi connectivity index (χ0) is 25.1. The Hall–Kier alpha value is -1.28. The molecule has 1 rings (SSSR count). The predicted molar refractivity (Wildman–Crippen MR) is 124 cm³/mol. The zero-order valence-corrected chi connectivity index (χ0v) is 22.0. The Morgan fingerprint density at radius 3 is 1.88 bits per heavy atom. The Labute approximate surface area is 196 Å². The molecule has 0 amide bonds. The molecule has 0 saturated heterocycles. The number of nitrogens with zero attached hydrogens (tertiary/aromatic N) is 2. The highest BCUT2D eigenvalue weighted by Gasteiger charge is 2.39. The lowest BCUT2D eigenvalue weighted by Crippen LogP contribution is -2.49. The zero-order valence-electron chi connectivity index (χ0n) is 19.2. The third kappa shape index (κ3) is 7.61. The van der Waals surface area contributed by atoms with Crippen LogP contribution in [0.2, 0.25) is 12.1 Å². The fourth-order valence-electron chi connectivity index (χ4n) is 3.36. The molecule has 3 N–H and O–H groups in total. The molecule has 0 aliphatic carbocycles. The number of nitro groups is 1. The van der Waals surface area contributed by atoms with E-state index in [1.165, 1.54) is 39.5 Å². The maximum absolute atomic E-state index is 13.4. The summed E-state index contributed by atoms with van der Waals surface area (Å²) in [6.07, 6.45) is -0.430. The van der Waals surface area contributed by atoms with Crippen LogP contribution in [0.3, 0.4) is 0 Å². The van der Waals surface area contributed by atoms with E-state index in [1.807, 2.05) is 0 Å². The van der Waals surface area contributed by atoms with Crippen molar-refractivity contribution >= 4 is 32.6 Å². The number of nitro benzene ring substituents is 1. The molecule has 12 nitrogen and oxygen atoms in total. The third-order valence-electron chi connectivity index (χ3n) is 5.62. The van der Waals surface area contributed by atoms with E-state index in [2.05, 4.69) is 0 Å². The number of benzene rings is 1. The van der Waals surface area contributed by atoms with Crippen LogP contribution in [-0.4, -0.2) is 103 Å². The van der Waals surface area contributed by atoms with Crippen molar-refractivity contribution in [2.75, 3.05) is 53.1 Å². The molecule has 0 spiro atoms. The number of para-hydroxylation sites is 1. The number of aliphatic hydroxyl groups excluding tert-OH is 3. The molecule has 15 heteroatoms. The Bertz CT molecular complexity index is 808. The molecule has 190 valence electrons. The van der Waals surface area contributed by atoms with Crippen LogP contribution in [0.25, 0.3) is 0 Å². The van der Waals surface area contributed by atoms with Crippen LogP contribution in [0.5, 0.6) is 0 Å². The van der Waals surface area contributed by atoms with Gasteiger partial charge in [-0.05, 0) is 18.9 Å². The summed E-state index contributed by atoms with van der Waals surface area (Å²) in [6.45, 7) is 0.00970. The first kappa shape index (κ1) is 29.8. The summed E-state index contributed by atoms with van der Waals surface area (Å²) in [6, 6.07) is 5.73.